The van der Waals surface area contributed by atoms with Crippen molar-refractivity contribution in [2.45, 2.75) is 19.5 Å². The van der Waals surface area contributed by atoms with E-state index in [1.165, 1.54) is 4.90 Å². The van der Waals surface area contributed by atoms with Gasteiger partial charge in [0.05, 0.1) is 24.9 Å². The molecule has 0 bridgehead atoms. The van der Waals surface area contributed by atoms with E-state index >= 15 is 0 Å². The van der Waals surface area contributed by atoms with Gasteiger partial charge in [0, 0.05) is 0 Å². The number of rotatable bonds is 3. The number of carbonyl (C=O) groups is 2. The Kier molecular flexibility index (Phi) is 1.91. The number of nitrogens with two attached hydrogens (primary N) is 1. The zero-order chi connectivity index (χ0) is 11.3. The van der Waals surface area contributed by atoms with Gasteiger partial charge in [0.25, 0.3) is 0 Å². The lowest BCUT2D eigenvalue weighted by Gasteiger charge is -2.14. The van der Waals surface area contributed by atoms with E-state index in [0.717, 1.165) is 6.42 Å². The number of hydrogen-bond acceptors (Lipinski definition) is 4. The van der Waals surface area contributed by atoms with E-state index in [9.17, 15) is 9.59 Å². The van der Waals surface area contributed by atoms with Crippen LogP contribution in [0.1, 0.15) is 17.9 Å². The molecule has 1 aliphatic heterocycles. The minimum atomic E-state index is -0.0549. The van der Waals surface area contributed by atoms with Crippen LogP contribution in [-0.2, 0) is 22.7 Å². The number of nitrogens with zero attached hydrogens (tertiary/aromatic N) is 1. The molecule has 2 aliphatic rings. The maximum Gasteiger partial charge on any atom is 0.233 e. The Morgan fingerprint density at radius 1 is 1.25 bits per heavy atom. The number of fused-ring (bicyclic) bond motifs is 1. The highest BCUT2D eigenvalue weighted by Gasteiger charge is 2.58. The second-order valence-corrected chi connectivity index (χ2v) is 4.28. The average molecular weight is 220 g/mol. The van der Waals surface area contributed by atoms with Crippen molar-refractivity contribution in [2.24, 2.45) is 17.6 Å². The van der Waals surface area contributed by atoms with Gasteiger partial charge in [-0.25, -0.2) is 0 Å². The molecule has 2 atom stereocenters. The molecule has 2 fully saturated rings. The number of furan rings is 1. The average Bonchev–Trinajstić information content (AvgIpc) is 2.90. The van der Waals surface area contributed by atoms with Crippen molar-refractivity contribution in [1.29, 1.82) is 0 Å². The Morgan fingerprint density at radius 3 is 2.44 bits per heavy atom. The van der Waals surface area contributed by atoms with Crippen molar-refractivity contribution in [3.05, 3.63) is 23.7 Å². The summed E-state index contributed by atoms with van der Waals surface area (Å²) in [6.07, 6.45) is 0.736. The Labute approximate surface area is 92.2 Å². The van der Waals surface area contributed by atoms with Crippen LogP contribution in [0.25, 0.3) is 0 Å². The van der Waals surface area contributed by atoms with Crippen molar-refractivity contribution in [3.63, 3.8) is 0 Å². The van der Waals surface area contributed by atoms with Crippen LogP contribution in [0.4, 0.5) is 0 Å². The van der Waals surface area contributed by atoms with Gasteiger partial charge in [-0.05, 0) is 18.6 Å². The normalized spacial score (nSPS) is 27.4. The quantitative estimate of drug-likeness (QED) is 0.740. The van der Waals surface area contributed by atoms with E-state index in [2.05, 4.69) is 0 Å². The largest absolute Gasteiger partial charge is 0.463 e. The standard InChI is InChI=1S/C11H12N2O3/c12-4-6-1-2-7(16-6)5-13-10(14)8-3-9(8)11(13)15/h1-2,8-9H,3-5,12H2. The van der Waals surface area contributed by atoms with Gasteiger partial charge in [-0.15, -0.1) is 0 Å². The third kappa shape index (κ3) is 1.28. The zero-order valence-corrected chi connectivity index (χ0v) is 8.68. The molecule has 2 heterocycles. The third-order valence-electron chi connectivity index (χ3n) is 3.19. The summed E-state index contributed by atoms with van der Waals surface area (Å²) in [7, 11) is 0. The molecule has 84 valence electrons. The van der Waals surface area contributed by atoms with Crippen molar-refractivity contribution in [3.8, 4) is 0 Å². The van der Waals surface area contributed by atoms with Crippen molar-refractivity contribution in [1.82, 2.24) is 4.90 Å². The van der Waals surface area contributed by atoms with E-state index in [-0.39, 0.29) is 30.2 Å². The fourth-order valence-corrected chi connectivity index (χ4v) is 2.18. The summed E-state index contributed by atoms with van der Waals surface area (Å²) in [5, 5.41) is 0. The van der Waals surface area contributed by atoms with E-state index in [0.29, 0.717) is 18.1 Å². The molecule has 2 amide bonds. The Hall–Kier alpha value is -1.62. The molecule has 0 aromatic carbocycles. The Balaban J connectivity index is 1.75. The molecule has 1 saturated heterocycles. The predicted molar refractivity (Wildman–Crippen MR) is 53.8 cm³/mol. The minimum Gasteiger partial charge on any atom is -0.463 e. The summed E-state index contributed by atoms with van der Waals surface area (Å²) in [5.74, 6) is 1.08. The predicted octanol–water partition coefficient (Wildman–Crippen LogP) is 0.243. The first-order chi connectivity index (χ1) is 7.70. The lowest BCUT2D eigenvalue weighted by atomic mass is 10.3. The summed E-state index contributed by atoms with van der Waals surface area (Å²) in [5.41, 5.74) is 5.41. The maximum atomic E-state index is 11.7. The Bertz CT molecular complexity index is 446. The van der Waals surface area contributed by atoms with Gasteiger partial charge in [-0.1, -0.05) is 0 Å². The van der Waals surface area contributed by atoms with Gasteiger partial charge in [-0.2, -0.15) is 0 Å². The summed E-state index contributed by atoms with van der Waals surface area (Å²) in [4.78, 5) is 24.6. The van der Waals surface area contributed by atoms with Crippen LogP contribution in [0.5, 0.6) is 0 Å². The van der Waals surface area contributed by atoms with Gasteiger partial charge in [0.15, 0.2) is 0 Å². The summed E-state index contributed by atoms with van der Waals surface area (Å²) in [6.45, 7) is 0.567. The van der Waals surface area contributed by atoms with Crippen LogP contribution in [0.15, 0.2) is 16.5 Å². The molecule has 0 radical (unpaired) electrons. The maximum absolute atomic E-state index is 11.7. The van der Waals surface area contributed by atoms with Gasteiger partial charge in [0.2, 0.25) is 11.8 Å². The molecule has 1 saturated carbocycles. The van der Waals surface area contributed by atoms with Crippen molar-refractivity contribution < 1.29 is 14.0 Å². The van der Waals surface area contributed by atoms with Crippen LogP contribution >= 0.6 is 0 Å². The number of hydrogen-bond donors (Lipinski definition) is 1. The van der Waals surface area contributed by atoms with Gasteiger partial charge < -0.3 is 10.2 Å². The lowest BCUT2D eigenvalue weighted by Crippen LogP contribution is -2.32. The molecule has 16 heavy (non-hydrogen) atoms. The topological polar surface area (TPSA) is 76.5 Å². The lowest BCUT2D eigenvalue weighted by molar-refractivity contribution is -0.142. The number of likely N-dealkylation sites (tertiary alicyclic amines) is 1. The first-order valence-electron chi connectivity index (χ1n) is 5.33. The first-order valence-corrected chi connectivity index (χ1v) is 5.33. The molecular formula is C11H12N2O3. The molecule has 0 spiro atoms. The fraction of sp³-hybridized carbons (Fsp3) is 0.455. The summed E-state index contributed by atoms with van der Waals surface area (Å²) < 4.78 is 5.37. The van der Waals surface area contributed by atoms with Gasteiger partial charge >= 0.3 is 0 Å². The molecule has 1 aromatic rings. The highest BCUT2D eigenvalue weighted by Crippen LogP contribution is 2.47. The first kappa shape index (κ1) is 9.59. The molecule has 2 N–H and O–H groups in total. The van der Waals surface area contributed by atoms with E-state index in [1.54, 1.807) is 12.1 Å². The monoisotopic (exact) mass is 220 g/mol. The number of imide groups is 1. The molecule has 1 aromatic heterocycles. The summed E-state index contributed by atoms with van der Waals surface area (Å²) >= 11 is 0. The van der Waals surface area contributed by atoms with Crippen LogP contribution in [0.3, 0.4) is 0 Å². The molecule has 3 rings (SSSR count). The highest BCUT2D eigenvalue weighted by molar-refractivity contribution is 6.08. The minimum absolute atomic E-state index is 0.0450. The highest BCUT2D eigenvalue weighted by atomic mass is 16.3. The van der Waals surface area contributed by atoms with Gasteiger partial charge in [0.1, 0.15) is 11.5 Å². The molecule has 2 unspecified atom stereocenters. The molecule has 5 nitrogen and oxygen atoms in total. The van der Waals surface area contributed by atoms with E-state index in [1.807, 2.05) is 0 Å². The van der Waals surface area contributed by atoms with Crippen LogP contribution < -0.4 is 5.73 Å². The molecule has 1 aliphatic carbocycles. The van der Waals surface area contributed by atoms with E-state index < -0.39 is 0 Å². The van der Waals surface area contributed by atoms with E-state index in [4.69, 9.17) is 10.2 Å². The second kappa shape index (κ2) is 3.18. The molecular weight excluding hydrogens is 208 g/mol. The van der Waals surface area contributed by atoms with Gasteiger partial charge in [-0.3, -0.25) is 14.5 Å². The third-order valence-corrected chi connectivity index (χ3v) is 3.19. The SMILES string of the molecule is NCc1ccc(CN2C(=O)C3CC3C2=O)o1. The zero-order valence-electron chi connectivity index (χ0n) is 8.68. The van der Waals surface area contributed by atoms with Crippen LogP contribution in [0.2, 0.25) is 0 Å². The fourth-order valence-electron chi connectivity index (χ4n) is 2.18. The number of amides is 2. The van der Waals surface area contributed by atoms with Crippen LogP contribution in [0, 0.1) is 11.8 Å². The second-order valence-electron chi connectivity index (χ2n) is 4.28. The Morgan fingerprint density at radius 2 is 1.88 bits per heavy atom. The van der Waals surface area contributed by atoms with Crippen LogP contribution in [-0.4, -0.2) is 16.7 Å². The number of piperidine rings is 1. The smallest absolute Gasteiger partial charge is 0.233 e. The summed E-state index contributed by atoms with van der Waals surface area (Å²) in [6, 6.07) is 3.52. The molecule has 5 heteroatoms. The van der Waals surface area contributed by atoms with Crippen molar-refractivity contribution in [2.75, 3.05) is 0 Å². The van der Waals surface area contributed by atoms with Crippen molar-refractivity contribution >= 4 is 11.8 Å². The number of carbonyl (C=O) groups excluding carboxylic acids is 2.